The maximum atomic E-state index is 12.1. The van der Waals surface area contributed by atoms with E-state index in [0.717, 1.165) is 5.56 Å². The van der Waals surface area contributed by atoms with Crippen LogP contribution >= 0.6 is 0 Å². The number of rotatable bonds is 7. The third-order valence-corrected chi connectivity index (χ3v) is 4.63. The minimum Gasteiger partial charge on any atom is -0.352 e. The van der Waals surface area contributed by atoms with Crippen LogP contribution in [0.5, 0.6) is 0 Å². The molecule has 2 aromatic rings. The molecule has 2 rings (SSSR count). The summed E-state index contributed by atoms with van der Waals surface area (Å²) in [7, 11) is -3.70. The van der Waals surface area contributed by atoms with Gasteiger partial charge in [0.2, 0.25) is 15.9 Å². The van der Waals surface area contributed by atoms with E-state index in [4.69, 9.17) is 5.14 Å². The molecule has 0 fully saturated rings. The molecule has 2 aromatic carbocycles. The second-order valence-corrected chi connectivity index (χ2v) is 7.24. The highest BCUT2D eigenvalue weighted by Gasteiger charge is 2.08. The molecule has 0 saturated heterocycles. The Kier molecular flexibility index (Phi) is 6.48. The van der Waals surface area contributed by atoms with Crippen LogP contribution in [-0.2, 0) is 21.2 Å². The Morgan fingerprint density at radius 3 is 2.15 bits per heavy atom. The van der Waals surface area contributed by atoms with E-state index in [-0.39, 0.29) is 16.7 Å². The molecule has 0 saturated carbocycles. The van der Waals surface area contributed by atoms with Crippen LogP contribution < -0.4 is 15.8 Å². The second-order valence-electron chi connectivity index (χ2n) is 5.67. The fraction of sp³-hybridized carbons (Fsp3) is 0.222. The van der Waals surface area contributed by atoms with Crippen molar-refractivity contribution in [2.24, 2.45) is 5.14 Å². The van der Waals surface area contributed by atoms with Gasteiger partial charge in [-0.3, -0.25) is 9.59 Å². The zero-order valence-electron chi connectivity index (χ0n) is 14.4. The number of carbonyl (C=O) groups excluding carboxylic acids is 2. The molecule has 8 heteroatoms. The van der Waals surface area contributed by atoms with Gasteiger partial charge in [-0.25, -0.2) is 13.6 Å². The van der Waals surface area contributed by atoms with Crippen molar-refractivity contribution in [3.8, 4) is 0 Å². The van der Waals surface area contributed by atoms with Crippen LogP contribution in [0.4, 0.5) is 5.69 Å². The predicted molar refractivity (Wildman–Crippen MR) is 99.2 cm³/mol. The van der Waals surface area contributed by atoms with Gasteiger partial charge in [0.25, 0.3) is 5.91 Å². The van der Waals surface area contributed by atoms with E-state index in [1.807, 2.05) is 0 Å². The standard InChI is InChI=1S/C18H21N3O4S/c1-2-17(22)21-15-7-5-14(6-8-15)18(23)20-12-11-13-3-9-16(10-4-13)26(19,24)25/h3-10H,2,11-12H2,1H3,(H,20,23)(H,21,22)(H2,19,24,25). The molecule has 2 amide bonds. The third kappa shape index (κ3) is 5.68. The van der Waals surface area contributed by atoms with E-state index in [9.17, 15) is 18.0 Å². The van der Waals surface area contributed by atoms with Crippen LogP contribution in [0.25, 0.3) is 0 Å². The third-order valence-electron chi connectivity index (χ3n) is 3.70. The molecule has 0 aliphatic heterocycles. The molecular formula is C18H21N3O4S. The first-order valence-electron chi connectivity index (χ1n) is 8.09. The average Bonchev–Trinajstić information content (AvgIpc) is 2.61. The van der Waals surface area contributed by atoms with Crippen molar-refractivity contribution in [2.45, 2.75) is 24.7 Å². The largest absolute Gasteiger partial charge is 0.352 e. The van der Waals surface area contributed by atoms with Gasteiger partial charge in [0.15, 0.2) is 0 Å². The van der Waals surface area contributed by atoms with Crippen molar-refractivity contribution in [3.05, 3.63) is 59.7 Å². The van der Waals surface area contributed by atoms with E-state index in [2.05, 4.69) is 10.6 Å². The minimum atomic E-state index is -3.70. The van der Waals surface area contributed by atoms with E-state index in [0.29, 0.717) is 30.6 Å². The Labute approximate surface area is 152 Å². The van der Waals surface area contributed by atoms with Gasteiger partial charge in [-0.1, -0.05) is 19.1 Å². The Bertz CT molecular complexity index is 876. The molecule has 0 atom stereocenters. The summed E-state index contributed by atoms with van der Waals surface area (Å²) in [6.07, 6.45) is 0.946. The number of primary sulfonamides is 1. The molecule has 0 aromatic heterocycles. The van der Waals surface area contributed by atoms with Crippen molar-refractivity contribution < 1.29 is 18.0 Å². The summed E-state index contributed by atoms with van der Waals surface area (Å²) in [6.45, 7) is 2.17. The lowest BCUT2D eigenvalue weighted by Crippen LogP contribution is -2.25. The van der Waals surface area contributed by atoms with Gasteiger partial charge >= 0.3 is 0 Å². The summed E-state index contributed by atoms with van der Waals surface area (Å²) in [6, 6.07) is 12.8. The summed E-state index contributed by atoms with van der Waals surface area (Å²) in [4.78, 5) is 23.5. The Balaban J connectivity index is 1.85. The number of hydrogen-bond acceptors (Lipinski definition) is 4. The second kappa shape index (κ2) is 8.59. The zero-order valence-corrected chi connectivity index (χ0v) is 15.2. The summed E-state index contributed by atoms with van der Waals surface area (Å²) in [5, 5.41) is 10.6. The molecule has 0 aliphatic rings. The minimum absolute atomic E-state index is 0.0561. The molecule has 0 radical (unpaired) electrons. The van der Waals surface area contributed by atoms with Crippen LogP contribution in [0.15, 0.2) is 53.4 Å². The lowest BCUT2D eigenvalue weighted by Gasteiger charge is -2.07. The monoisotopic (exact) mass is 375 g/mol. The predicted octanol–water partition coefficient (Wildman–Crippen LogP) is 1.65. The first-order valence-corrected chi connectivity index (χ1v) is 9.64. The first kappa shape index (κ1) is 19.6. The number of hydrogen-bond donors (Lipinski definition) is 3. The maximum Gasteiger partial charge on any atom is 0.251 e. The summed E-state index contributed by atoms with van der Waals surface area (Å²) in [5.41, 5.74) is 2.02. The van der Waals surface area contributed by atoms with Gasteiger partial charge in [0, 0.05) is 24.2 Å². The number of carbonyl (C=O) groups is 2. The number of sulfonamides is 1. The highest BCUT2D eigenvalue weighted by atomic mass is 32.2. The normalized spacial score (nSPS) is 11.0. The number of nitrogens with one attached hydrogen (secondary N) is 2. The van der Waals surface area contributed by atoms with Crippen LogP contribution in [0.2, 0.25) is 0 Å². The van der Waals surface area contributed by atoms with Gasteiger partial charge in [-0.05, 0) is 48.4 Å². The lowest BCUT2D eigenvalue weighted by atomic mass is 10.1. The molecule has 26 heavy (non-hydrogen) atoms. The van der Waals surface area contributed by atoms with Gasteiger partial charge in [-0.2, -0.15) is 0 Å². The summed E-state index contributed by atoms with van der Waals surface area (Å²) in [5.74, 6) is -0.310. The van der Waals surface area contributed by atoms with E-state index in [1.54, 1.807) is 43.3 Å². The highest BCUT2D eigenvalue weighted by Crippen LogP contribution is 2.11. The highest BCUT2D eigenvalue weighted by molar-refractivity contribution is 7.89. The molecule has 4 N–H and O–H groups in total. The van der Waals surface area contributed by atoms with Gasteiger partial charge in [0.05, 0.1) is 4.90 Å². The fourth-order valence-electron chi connectivity index (χ4n) is 2.22. The van der Waals surface area contributed by atoms with Crippen molar-refractivity contribution in [2.75, 3.05) is 11.9 Å². The average molecular weight is 375 g/mol. The van der Waals surface area contributed by atoms with Crippen LogP contribution in [0.1, 0.15) is 29.3 Å². The molecule has 0 heterocycles. The summed E-state index contributed by atoms with van der Waals surface area (Å²) >= 11 is 0. The molecule has 0 bridgehead atoms. The lowest BCUT2D eigenvalue weighted by molar-refractivity contribution is -0.115. The van der Waals surface area contributed by atoms with Crippen molar-refractivity contribution in [1.29, 1.82) is 0 Å². The van der Waals surface area contributed by atoms with Crippen molar-refractivity contribution in [1.82, 2.24) is 5.32 Å². The molecule has 7 nitrogen and oxygen atoms in total. The quantitative estimate of drug-likeness (QED) is 0.682. The van der Waals surface area contributed by atoms with Gasteiger partial charge < -0.3 is 10.6 Å². The van der Waals surface area contributed by atoms with Crippen LogP contribution in [0, 0.1) is 0 Å². The number of benzene rings is 2. The zero-order chi connectivity index (χ0) is 19.2. The SMILES string of the molecule is CCC(=O)Nc1ccc(C(=O)NCCc2ccc(S(N)(=O)=O)cc2)cc1. The van der Waals surface area contributed by atoms with Crippen molar-refractivity contribution >= 4 is 27.5 Å². The smallest absolute Gasteiger partial charge is 0.251 e. The van der Waals surface area contributed by atoms with E-state index in [1.165, 1.54) is 12.1 Å². The Hall–Kier alpha value is -2.71. The topological polar surface area (TPSA) is 118 Å². The van der Waals surface area contributed by atoms with Crippen molar-refractivity contribution in [3.63, 3.8) is 0 Å². The van der Waals surface area contributed by atoms with Crippen LogP contribution in [-0.4, -0.2) is 26.8 Å². The molecule has 0 unspecified atom stereocenters. The molecule has 0 aliphatic carbocycles. The van der Waals surface area contributed by atoms with E-state index < -0.39 is 10.0 Å². The van der Waals surface area contributed by atoms with Gasteiger partial charge in [0.1, 0.15) is 0 Å². The van der Waals surface area contributed by atoms with Gasteiger partial charge in [-0.15, -0.1) is 0 Å². The first-order chi connectivity index (χ1) is 12.3. The summed E-state index contributed by atoms with van der Waals surface area (Å²) < 4.78 is 22.4. The van der Waals surface area contributed by atoms with E-state index >= 15 is 0 Å². The van der Waals surface area contributed by atoms with Crippen LogP contribution in [0.3, 0.4) is 0 Å². The maximum absolute atomic E-state index is 12.1. The fourth-order valence-corrected chi connectivity index (χ4v) is 2.74. The Morgan fingerprint density at radius 2 is 1.62 bits per heavy atom. The molecular weight excluding hydrogens is 354 g/mol. The molecule has 138 valence electrons. The molecule has 0 spiro atoms. The number of amides is 2. The number of anilines is 1. The number of nitrogens with two attached hydrogens (primary N) is 1. The Morgan fingerprint density at radius 1 is 1.00 bits per heavy atom.